The van der Waals surface area contributed by atoms with E-state index in [0.29, 0.717) is 11.7 Å². The number of anilines is 1. The fourth-order valence-electron chi connectivity index (χ4n) is 4.78. The van der Waals surface area contributed by atoms with Gasteiger partial charge in [0.2, 0.25) is 17.7 Å². The minimum absolute atomic E-state index is 0.00720. The number of hydrogen-bond donors (Lipinski definition) is 3. The molecule has 2 atom stereocenters. The first-order valence-corrected chi connectivity index (χ1v) is 13.9. The number of allylic oxidation sites excluding steroid dienone is 5. The van der Waals surface area contributed by atoms with Crippen molar-refractivity contribution in [3.8, 4) is 0 Å². The van der Waals surface area contributed by atoms with Crippen LogP contribution in [-0.4, -0.2) is 56.8 Å². The van der Waals surface area contributed by atoms with Gasteiger partial charge in [-0.15, -0.1) is 0 Å². The summed E-state index contributed by atoms with van der Waals surface area (Å²) in [6.45, 7) is 6.84. The number of carbonyl (C=O) groups excluding carboxylic acids is 3. The van der Waals surface area contributed by atoms with Crippen LogP contribution in [0.1, 0.15) is 51.6 Å². The Hall–Kier alpha value is -3.98. The second-order valence-electron chi connectivity index (χ2n) is 11.3. The number of piperidine rings is 1. The van der Waals surface area contributed by atoms with E-state index in [9.17, 15) is 14.4 Å². The summed E-state index contributed by atoms with van der Waals surface area (Å²) < 4.78 is 1.75. The van der Waals surface area contributed by atoms with Crippen LogP contribution in [0.3, 0.4) is 0 Å². The third-order valence-corrected chi connectivity index (χ3v) is 7.29. The van der Waals surface area contributed by atoms with Gasteiger partial charge in [0.25, 0.3) is 0 Å². The Labute approximate surface area is 236 Å². The van der Waals surface area contributed by atoms with Crippen molar-refractivity contribution in [1.29, 1.82) is 0 Å². The molecule has 1 saturated heterocycles. The first kappa shape index (κ1) is 29.0. The lowest BCUT2D eigenvalue weighted by Crippen LogP contribution is -2.55. The summed E-state index contributed by atoms with van der Waals surface area (Å²) in [7, 11) is 0. The van der Waals surface area contributed by atoms with Crippen molar-refractivity contribution in [2.24, 2.45) is 11.7 Å². The number of amides is 3. The lowest BCUT2D eigenvalue weighted by molar-refractivity contribution is -0.135. The van der Waals surface area contributed by atoms with Gasteiger partial charge in [-0.2, -0.15) is 0 Å². The molecule has 2 aromatic rings. The summed E-state index contributed by atoms with van der Waals surface area (Å²) in [6, 6.07) is 7.98. The highest BCUT2D eigenvalue weighted by atomic mass is 16.2. The molecule has 1 aromatic carbocycles. The summed E-state index contributed by atoms with van der Waals surface area (Å²) >= 11 is 0. The van der Waals surface area contributed by atoms with E-state index < -0.39 is 29.4 Å². The van der Waals surface area contributed by atoms with Gasteiger partial charge >= 0.3 is 0 Å². The van der Waals surface area contributed by atoms with Crippen LogP contribution >= 0.6 is 0 Å². The molecule has 9 nitrogen and oxygen atoms in total. The minimum atomic E-state index is -1.15. The molecule has 0 radical (unpaired) electrons. The van der Waals surface area contributed by atoms with Gasteiger partial charge < -0.3 is 25.8 Å². The molecule has 0 saturated carbocycles. The van der Waals surface area contributed by atoms with Crippen molar-refractivity contribution < 1.29 is 14.4 Å². The van der Waals surface area contributed by atoms with E-state index in [2.05, 4.69) is 22.5 Å². The smallest absolute Gasteiger partial charge is 0.250 e. The van der Waals surface area contributed by atoms with Gasteiger partial charge in [-0.25, -0.2) is 4.98 Å². The second-order valence-corrected chi connectivity index (χ2v) is 11.3. The van der Waals surface area contributed by atoms with Gasteiger partial charge in [-0.1, -0.05) is 67.6 Å². The Kier molecular flexibility index (Phi) is 9.37. The summed E-state index contributed by atoms with van der Waals surface area (Å²) in [5.74, 6) is 0.0504. The Bertz CT molecular complexity index is 1280. The Balaban J connectivity index is 1.56. The van der Waals surface area contributed by atoms with E-state index in [1.165, 1.54) is 0 Å². The molecular formula is C31H40N6O3. The molecule has 212 valence electrons. The number of hydrogen-bond acceptors (Lipinski definition) is 5. The van der Waals surface area contributed by atoms with Crippen molar-refractivity contribution in [2.45, 2.75) is 64.1 Å². The molecule has 2 unspecified atom stereocenters. The van der Waals surface area contributed by atoms with Crippen LogP contribution in [0.5, 0.6) is 0 Å². The molecule has 1 aliphatic carbocycles. The summed E-state index contributed by atoms with van der Waals surface area (Å²) in [6.07, 6.45) is 16.2. The van der Waals surface area contributed by atoms with Crippen molar-refractivity contribution >= 4 is 23.5 Å². The van der Waals surface area contributed by atoms with E-state index in [1.54, 1.807) is 30.9 Å². The van der Waals surface area contributed by atoms with E-state index in [0.717, 1.165) is 43.5 Å². The molecule has 4 N–H and O–H groups in total. The standard InChI is InChI=1S/C31H40N6O3/c1-22-15-17-36(18-16-22)29(39)27(24-13-9-4-5-10-14-24)37-20-26(33-21-37)35-28(38)25(34-30(40)31(2,3)32)19-23-11-7-6-8-12-23/h4,6-14,20-22,25,27H,5,15-19,32H2,1-3H3,(H,34,40)(H,35,38). The van der Waals surface area contributed by atoms with E-state index in [4.69, 9.17) is 5.73 Å². The third kappa shape index (κ3) is 7.57. The highest BCUT2D eigenvalue weighted by Gasteiger charge is 2.32. The number of nitrogens with two attached hydrogens (primary N) is 1. The quantitative estimate of drug-likeness (QED) is 0.446. The van der Waals surface area contributed by atoms with Gasteiger partial charge in [0.15, 0.2) is 5.82 Å². The molecule has 1 aliphatic heterocycles. The van der Waals surface area contributed by atoms with E-state index in [-0.39, 0.29) is 12.3 Å². The number of likely N-dealkylation sites (tertiary alicyclic amines) is 1. The zero-order chi connectivity index (χ0) is 28.7. The zero-order valence-corrected chi connectivity index (χ0v) is 23.5. The monoisotopic (exact) mass is 544 g/mol. The lowest BCUT2D eigenvalue weighted by atomic mass is 9.97. The van der Waals surface area contributed by atoms with Crippen LogP contribution in [-0.2, 0) is 20.8 Å². The van der Waals surface area contributed by atoms with Crippen LogP contribution in [0.2, 0.25) is 0 Å². The SMILES string of the molecule is CC1CCN(C(=O)C(C2=CC=CCC=C2)n2cnc(NC(=O)C(Cc3ccccc3)NC(=O)C(C)(C)N)c2)CC1. The van der Waals surface area contributed by atoms with Crippen LogP contribution in [0.15, 0.2) is 78.8 Å². The third-order valence-electron chi connectivity index (χ3n) is 7.29. The highest BCUT2D eigenvalue weighted by Crippen LogP contribution is 2.27. The summed E-state index contributed by atoms with van der Waals surface area (Å²) in [4.78, 5) is 46.2. The Morgan fingerprint density at radius 2 is 1.85 bits per heavy atom. The number of carbonyl (C=O) groups is 3. The summed E-state index contributed by atoms with van der Waals surface area (Å²) in [5.41, 5.74) is 6.58. The highest BCUT2D eigenvalue weighted by molar-refractivity contribution is 5.98. The molecule has 3 amide bonds. The maximum absolute atomic E-state index is 13.8. The second kappa shape index (κ2) is 12.9. The van der Waals surface area contributed by atoms with E-state index in [1.807, 2.05) is 65.6 Å². The molecule has 0 spiro atoms. The van der Waals surface area contributed by atoms with Gasteiger partial charge in [0.05, 0.1) is 11.9 Å². The predicted molar refractivity (Wildman–Crippen MR) is 156 cm³/mol. The van der Waals surface area contributed by atoms with Crippen molar-refractivity contribution in [2.75, 3.05) is 18.4 Å². The van der Waals surface area contributed by atoms with Gasteiger partial charge in [0.1, 0.15) is 12.1 Å². The minimum Gasteiger partial charge on any atom is -0.342 e. The fourth-order valence-corrected chi connectivity index (χ4v) is 4.78. The number of nitrogens with one attached hydrogen (secondary N) is 2. The average Bonchev–Trinajstić information content (AvgIpc) is 3.20. The maximum Gasteiger partial charge on any atom is 0.250 e. The fraction of sp³-hybridized carbons (Fsp3) is 0.419. The Morgan fingerprint density at radius 3 is 2.55 bits per heavy atom. The van der Waals surface area contributed by atoms with Crippen LogP contribution < -0.4 is 16.4 Å². The molecule has 0 bridgehead atoms. The summed E-state index contributed by atoms with van der Waals surface area (Å²) in [5, 5.41) is 5.61. The van der Waals surface area contributed by atoms with E-state index >= 15 is 0 Å². The molecule has 2 heterocycles. The molecule has 4 rings (SSSR count). The maximum atomic E-state index is 13.8. The zero-order valence-electron chi connectivity index (χ0n) is 23.5. The first-order chi connectivity index (χ1) is 19.1. The topological polar surface area (TPSA) is 122 Å². The molecule has 9 heteroatoms. The van der Waals surface area contributed by atoms with Gasteiger partial charge in [0, 0.05) is 25.7 Å². The molecule has 1 aromatic heterocycles. The van der Waals surface area contributed by atoms with Crippen LogP contribution in [0.4, 0.5) is 5.82 Å². The van der Waals surface area contributed by atoms with Crippen molar-refractivity contribution in [3.05, 3.63) is 84.4 Å². The molecule has 40 heavy (non-hydrogen) atoms. The number of aromatic nitrogens is 2. The lowest BCUT2D eigenvalue weighted by Gasteiger charge is -2.33. The average molecular weight is 545 g/mol. The van der Waals surface area contributed by atoms with Crippen molar-refractivity contribution in [1.82, 2.24) is 19.8 Å². The predicted octanol–water partition coefficient (Wildman–Crippen LogP) is 3.53. The van der Waals surface area contributed by atoms with Crippen LogP contribution in [0, 0.1) is 5.92 Å². The van der Waals surface area contributed by atoms with Gasteiger partial charge in [-0.05, 0) is 50.2 Å². The number of nitrogens with zero attached hydrogens (tertiary/aromatic N) is 3. The molecule has 1 fully saturated rings. The van der Waals surface area contributed by atoms with Gasteiger partial charge in [-0.3, -0.25) is 14.4 Å². The number of imidazole rings is 1. The molecular weight excluding hydrogens is 504 g/mol. The van der Waals surface area contributed by atoms with Crippen LogP contribution in [0.25, 0.3) is 0 Å². The largest absolute Gasteiger partial charge is 0.342 e. The van der Waals surface area contributed by atoms with Crippen molar-refractivity contribution in [3.63, 3.8) is 0 Å². The Morgan fingerprint density at radius 1 is 1.12 bits per heavy atom. The molecule has 2 aliphatic rings. The normalized spacial score (nSPS) is 17.5. The number of benzene rings is 1. The first-order valence-electron chi connectivity index (χ1n) is 13.9. The number of rotatable bonds is 9.